The average molecular weight is 212 g/mol. The van der Waals surface area contributed by atoms with Gasteiger partial charge in [-0.1, -0.05) is 0 Å². The fourth-order valence-corrected chi connectivity index (χ4v) is 2.57. The van der Waals surface area contributed by atoms with E-state index in [1.54, 1.807) is 0 Å². The number of carbonyl (C=O) groups is 1. The number of fused-ring (bicyclic) bond motifs is 1. The molecular formula is C8H7NOSe. The Morgan fingerprint density at radius 2 is 2.18 bits per heavy atom. The summed E-state index contributed by atoms with van der Waals surface area (Å²) in [6.07, 6.45) is 0.553. The van der Waals surface area contributed by atoms with E-state index in [9.17, 15) is 4.79 Å². The van der Waals surface area contributed by atoms with E-state index in [2.05, 4.69) is 10.4 Å². The molecule has 0 radical (unpaired) electrons. The molecule has 1 aliphatic heterocycles. The van der Waals surface area contributed by atoms with E-state index < -0.39 is 0 Å². The fourth-order valence-electron chi connectivity index (χ4n) is 1.07. The van der Waals surface area contributed by atoms with E-state index in [-0.39, 0.29) is 21.1 Å². The van der Waals surface area contributed by atoms with Crippen LogP contribution in [0.4, 0.5) is 0 Å². The summed E-state index contributed by atoms with van der Waals surface area (Å²) in [7, 11) is 0. The van der Waals surface area contributed by atoms with E-state index >= 15 is 0 Å². The van der Waals surface area contributed by atoms with Gasteiger partial charge in [0.2, 0.25) is 0 Å². The zero-order valence-electron chi connectivity index (χ0n) is 5.83. The first kappa shape index (κ1) is 6.89. The molecule has 2 nitrogen and oxygen atoms in total. The molecule has 0 saturated carbocycles. The number of nitrogens with one attached hydrogen (secondary N) is 1. The van der Waals surface area contributed by atoms with Crippen LogP contribution in [0.15, 0.2) is 24.3 Å². The van der Waals surface area contributed by atoms with Gasteiger partial charge in [0.25, 0.3) is 0 Å². The molecule has 1 N–H and O–H groups in total. The topological polar surface area (TPSA) is 29.1 Å². The minimum absolute atomic E-state index is 0.156. The van der Waals surface area contributed by atoms with Crippen molar-refractivity contribution in [2.45, 2.75) is 6.42 Å². The van der Waals surface area contributed by atoms with Gasteiger partial charge in [-0.3, -0.25) is 0 Å². The molecule has 0 atom stereocenters. The van der Waals surface area contributed by atoms with E-state index in [4.69, 9.17) is 0 Å². The molecule has 0 aliphatic carbocycles. The van der Waals surface area contributed by atoms with Gasteiger partial charge in [-0.05, 0) is 0 Å². The molecule has 1 heterocycles. The summed E-state index contributed by atoms with van der Waals surface area (Å²) < 4.78 is 4.17. The molecule has 0 saturated heterocycles. The van der Waals surface area contributed by atoms with Gasteiger partial charge >= 0.3 is 70.9 Å². The summed E-state index contributed by atoms with van der Waals surface area (Å²) >= 11 is 0.159. The van der Waals surface area contributed by atoms with Crippen molar-refractivity contribution in [1.29, 1.82) is 0 Å². The van der Waals surface area contributed by atoms with Gasteiger partial charge in [-0.2, -0.15) is 0 Å². The van der Waals surface area contributed by atoms with Gasteiger partial charge in [-0.15, -0.1) is 0 Å². The number of hydrogen-bond acceptors (Lipinski definition) is 1. The van der Waals surface area contributed by atoms with E-state index in [0.29, 0.717) is 6.42 Å². The standard InChI is InChI=1S/C8H7NOSe/c10-8-5-6-3-1-2-4-7(6)11-9-8/h1-4H,5H2,(H,9,10). The molecule has 1 aromatic rings. The maximum absolute atomic E-state index is 10.9. The molecule has 0 bridgehead atoms. The zero-order valence-corrected chi connectivity index (χ0v) is 7.55. The molecule has 1 aromatic carbocycles. The SMILES string of the molecule is O=C1Cc2ccccc2[Se]N1. The molecule has 0 unspecified atom stereocenters. The molecule has 1 amide bonds. The van der Waals surface area contributed by atoms with Crippen LogP contribution in [-0.4, -0.2) is 21.1 Å². The molecular weight excluding hydrogens is 205 g/mol. The van der Waals surface area contributed by atoms with Gasteiger partial charge in [0.05, 0.1) is 0 Å². The van der Waals surface area contributed by atoms with E-state index in [1.807, 2.05) is 18.2 Å². The van der Waals surface area contributed by atoms with Crippen LogP contribution in [0, 0.1) is 0 Å². The van der Waals surface area contributed by atoms with Crippen molar-refractivity contribution in [3.63, 3.8) is 0 Å². The Morgan fingerprint density at radius 1 is 1.36 bits per heavy atom. The first-order valence-corrected chi connectivity index (χ1v) is 5.11. The molecule has 3 heteroatoms. The number of rotatable bonds is 0. The molecule has 0 aromatic heterocycles. The van der Waals surface area contributed by atoms with Crippen LogP contribution in [-0.2, 0) is 11.2 Å². The second-order valence-electron chi connectivity index (χ2n) is 2.41. The van der Waals surface area contributed by atoms with Crippen LogP contribution in [0.1, 0.15) is 5.56 Å². The van der Waals surface area contributed by atoms with Crippen LogP contribution in [0.5, 0.6) is 0 Å². The predicted octanol–water partition coefficient (Wildman–Crippen LogP) is -0.397. The minimum atomic E-state index is 0.156. The van der Waals surface area contributed by atoms with Crippen LogP contribution in [0.2, 0.25) is 0 Å². The monoisotopic (exact) mass is 213 g/mol. The third kappa shape index (κ3) is 1.30. The normalized spacial score (nSPS) is 15.5. The zero-order chi connectivity index (χ0) is 7.68. The van der Waals surface area contributed by atoms with Crippen LogP contribution in [0.25, 0.3) is 0 Å². The summed E-state index contributed by atoms with van der Waals surface area (Å²) in [5.74, 6) is 0.156. The third-order valence-corrected chi connectivity index (χ3v) is 3.59. The Bertz CT molecular complexity index is 298. The van der Waals surface area contributed by atoms with Crippen molar-refractivity contribution in [2.24, 2.45) is 0 Å². The Labute approximate surface area is 71.4 Å². The second kappa shape index (κ2) is 2.68. The van der Waals surface area contributed by atoms with Crippen molar-refractivity contribution in [1.82, 2.24) is 4.33 Å². The van der Waals surface area contributed by atoms with Gasteiger partial charge in [0.1, 0.15) is 0 Å². The Morgan fingerprint density at radius 3 is 3.09 bits per heavy atom. The van der Waals surface area contributed by atoms with Crippen LogP contribution < -0.4 is 8.79 Å². The van der Waals surface area contributed by atoms with Crippen molar-refractivity contribution >= 4 is 25.5 Å². The maximum atomic E-state index is 10.9. The third-order valence-electron chi connectivity index (χ3n) is 1.60. The Hall–Kier alpha value is -0.791. The first-order valence-electron chi connectivity index (χ1n) is 3.40. The van der Waals surface area contributed by atoms with E-state index in [1.165, 1.54) is 10.0 Å². The number of carbonyl (C=O) groups excluding carboxylic acids is 1. The van der Waals surface area contributed by atoms with Gasteiger partial charge in [0, 0.05) is 0 Å². The molecule has 1 aliphatic rings. The predicted molar refractivity (Wildman–Crippen MR) is 43.7 cm³/mol. The Kier molecular flexibility index (Phi) is 1.68. The summed E-state index contributed by atoms with van der Waals surface area (Å²) in [4.78, 5) is 10.9. The fraction of sp³-hybridized carbons (Fsp3) is 0.125. The van der Waals surface area contributed by atoms with Gasteiger partial charge in [0.15, 0.2) is 0 Å². The van der Waals surface area contributed by atoms with Crippen LogP contribution in [0.3, 0.4) is 0 Å². The quantitative estimate of drug-likeness (QED) is 0.583. The molecule has 11 heavy (non-hydrogen) atoms. The van der Waals surface area contributed by atoms with Crippen molar-refractivity contribution in [2.75, 3.05) is 0 Å². The molecule has 56 valence electrons. The first-order chi connectivity index (χ1) is 5.36. The van der Waals surface area contributed by atoms with Gasteiger partial charge < -0.3 is 0 Å². The number of benzene rings is 1. The average Bonchev–Trinajstić information content (AvgIpc) is 2.04. The molecule has 2 rings (SSSR count). The van der Waals surface area contributed by atoms with Crippen molar-refractivity contribution < 1.29 is 4.79 Å². The number of hydrogen-bond donors (Lipinski definition) is 1. The second-order valence-corrected chi connectivity index (χ2v) is 4.19. The summed E-state index contributed by atoms with van der Waals surface area (Å²) in [5, 5.41) is 0. The number of amides is 1. The molecule has 0 spiro atoms. The van der Waals surface area contributed by atoms with Gasteiger partial charge in [-0.25, -0.2) is 0 Å². The summed E-state index contributed by atoms with van der Waals surface area (Å²) in [6.45, 7) is 0. The molecule has 0 fully saturated rings. The Balaban J connectivity index is 2.41. The summed E-state index contributed by atoms with van der Waals surface area (Å²) in [5.41, 5.74) is 1.19. The van der Waals surface area contributed by atoms with Crippen LogP contribution >= 0.6 is 0 Å². The van der Waals surface area contributed by atoms with Crippen molar-refractivity contribution in [3.8, 4) is 0 Å². The summed E-state index contributed by atoms with van der Waals surface area (Å²) in [6, 6.07) is 8.09. The van der Waals surface area contributed by atoms with E-state index in [0.717, 1.165) is 0 Å². The van der Waals surface area contributed by atoms with Crippen molar-refractivity contribution in [3.05, 3.63) is 29.8 Å².